The Kier molecular flexibility index (Phi) is 6.23. The molecule has 2 rings (SSSR count). The molecule has 0 aliphatic heterocycles. The SMILES string of the molecule is O=C(CCSc1ccccc1Cl)OCc1csc([N+](=O)[O-])c1. The van der Waals surface area contributed by atoms with Gasteiger partial charge in [-0.15, -0.1) is 11.8 Å². The van der Waals surface area contributed by atoms with Gasteiger partial charge in [-0.05, 0) is 12.1 Å². The quantitative estimate of drug-likeness (QED) is 0.315. The molecule has 22 heavy (non-hydrogen) atoms. The van der Waals surface area contributed by atoms with E-state index >= 15 is 0 Å². The molecule has 0 unspecified atom stereocenters. The minimum absolute atomic E-state index is 0.0420. The highest BCUT2D eigenvalue weighted by atomic mass is 35.5. The van der Waals surface area contributed by atoms with E-state index in [9.17, 15) is 14.9 Å². The normalized spacial score (nSPS) is 10.4. The zero-order valence-electron chi connectivity index (χ0n) is 11.4. The number of thiophene rings is 1. The van der Waals surface area contributed by atoms with Crippen molar-refractivity contribution in [2.45, 2.75) is 17.9 Å². The van der Waals surface area contributed by atoms with Crippen molar-refractivity contribution in [3.05, 3.63) is 56.4 Å². The third-order valence-electron chi connectivity index (χ3n) is 2.62. The molecule has 0 N–H and O–H groups in total. The van der Waals surface area contributed by atoms with E-state index in [-0.39, 0.29) is 24.0 Å². The van der Waals surface area contributed by atoms with Crippen molar-refractivity contribution >= 4 is 45.7 Å². The third kappa shape index (κ3) is 5.01. The highest BCUT2D eigenvalue weighted by Crippen LogP contribution is 2.27. The van der Waals surface area contributed by atoms with Gasteiger partial charge in [0.25, 0.3) is 0 Å². The van der Waals surface area contributed by atoms with Gasteiger partial charge < -0.3 is 4.74 Å². The van der Waals surface area contributed by atoms with Gasteiger partial charge in [0.05, 0.1) is 16.4 Å². The molecule has 1 heterocycles. The molecule has 0 amide bonds. The molecule has 5 nitrogen and oxygen atoms in total. The summed E-state index contributed by atoms with van der Waals surface area (Å²) in [6.45, 7) is 0.0555. The van der Waals surface area contributed by atoms with Gasteiger partial charge in [0.15, 0.2) is 0 Å². The van der Waals surface area contributed by atoms with Crippen LogP contribution in [0.2, 0.25) is 5.02 Å². The van der Waals surface area contributed by atoms with Crippen molar-refractivity contribution in [2.24, 2.45) is 0 Å². The van der Waals surface area contributed by atoms with Crippen molar-refractivity contribution in [1.82, 2.24) is 0 Å². The second-order valence-corrected chi connectivity index (χ2v) is 6.67. The lowest BCUT2D eigenvalue weighted by Crippen LogP contribution is -2.05. The number of benzene rings is 1. The van der Waals surface area contributed by atoms with Gasteiger partial charge in [0.2, 0.25) is 0 Å². The zero-order valence-corrected chi connectivity index (χ0v) is 13.7. The fourth-order valence-electron chi connectivity index (χ4n) is 1.58. The molecule has 8 heteroatoms. The first kappa shape index (κ1) is 16.8. The Morgan fingerprint density at radius 2 is 2.18 bits per heavy atom. The molecule has 0 aliphatic carbocycles. The van der Waals surface area contributed by atoms with E-state index in [0.29, 0.717) is 16.3 Å². The summed E-state index contributed by atoms with van der Waals surface area (Å²) in [5.41, 5.74) is 0.629. The second-order valence-electron chi connectivity index (χ2n) is 4.24. The molecule has 0 saturated heterocycles. The number of ether oxygens (including phenoxy) is 1. The van der Waals surface area contributed by atoms with E-state index in [1.54, 1.807) is 11.4 Å². The van der Waals surface area contributed by atoms with Crippen molar-refractivity contribution < 1.29 is 14.5 Å². The zero-order chi connectivity index (χ0) is 15.9. The maximum absolute atomic E-state index is 11.6. The minimum Gasteiger partial charge on any atom is -0.461 e. The number of nitro groups is 1. The molecule has 0 saturated carbocycles. The van der Waals surface area contributed by atoms with Crippen LogP contribution < -0.4 is 0 Å². The average Bonchev–Trinajstić information content (AvgIpc) is 2.96. The Balaban J connectivity index is 1.71. The summed E-state index contributed by atoms with van der Waals surface area (Å²) in [5.74, 6) is 0.222. The first-order chi connectivity index (χ1) is 10.6. The second kappa shape index (κ2) is 8.17. The Labute approximate surface area is 140 Å². The lowest BCUT2D eigenvalue weighted by atomic mass is 10.3. The van der Waals surface area contributed by atoms with Crippen molar-refractivity contribution in [3.63, 3.8) is 0 Å². The first-order valence-corrected chi connectivity index (χ1v) is 8.55. The smallest absolute Gasteiger partial charge is 0.324 e. The van der Waals surface area contributed by atoms with E-state index in [2.05, 4.69) is 0 Å². The van der Waals surface area contributed by atoms with Crippen LogP contribution in [0.1, 0.15) is 12.0 Å². The van der Waals surface area contributed by atoms with Crippen molar-refractivity contribution in [3.8, 4) is 0 Å². The first-order valence-electron chi connectivity index (χ1n) is 6.31. The van der Waals surface area contributed by atoms with Crippen LogP contribution >= 0.6 is 34.7 Å². The maximum atomic E-state index is 11.6. The monoisotopic (exact) mass is 357 g/mol. The summed E-state index contributed by atoms with van der Waals surface area (Å²) in [7, 11) is 0. The summed E-state index contributed by atoms with van der Waals surface area (Å²) in [5, 5.41) is 12.9. The van der Waals surface area contributed by atoms with Crippen molar-refractivity contribution in [2.75, 3.05) is 5.75 Å². The third-order valence-corrected chi connectivity index (χ3v) is 5.07. The number of hydrogen-bond acceptors (Lipinski definition) is 6. The molecular formula is C14H12ClNO4S2. The van der Waals surface area contributed by atoms with E-state index in [1.807, 2.05) is 18.2 Å². The Bertz CT molecular complexity index is 674. The molecule has 116 valence electrons. The Morgan fingerprint density at radius 1 is 1.41 bits per heavy atom. The summed E-state index contributed by atoms with van der Waals surface area (Å²) < 4.78 is 5.09. The number of nitrogens with zero attached hydrogens (tertiary/aromatic N) is 1. The van der Waals surface area contributed by atoms with Crippen LogP contribution in [0.15, 0.2) is 40.6 Å². The highest BCUT2D eigenvalue weighted by Gasteiger charge is 2.11. The lowest BCUT2D eigenvalue weighted by Gasteiger charge is -2.04. The number of rotatable bonds is 7. The standard InChI is InChI=1S/C14H12ClNO4S2/c15-11-3-1-2-4-12(11)21-6-5-14(17)20-8-10-7-13(16(18)19)22-9-10/h1-4,7,9H,5-6,8H2. The molecule has 1 aromatic heterocycles. The van der Waals surface area contributed by atoms with Crippen LogP contribution in [-0.2, 0) is 16.1 Å². The molecular weight excluding hydrogens is 346 g/mol. The van der Waals surface area contributed by atoms with E-state index in [1.165, 1.54) is 17.8 Å². The number of halogens is 1. The van der Waals surface area contributed by atoms with Gasteiger partial charge in [-0.3, -0.25) is 14.9 Å². The fraction of sp³-hybridized carbons (Fsp3) is 0.214. The summed E-state index contributed by atoms with van der Waals surface area (Å²) in [4.78, 5) is 22.6. The average molecular weight is 358 g/mol. The molecule has 0 aliphatic rings. The maximum Gasteiger partial charge on any atom is 0.324 e. The van der Waals surface area contributed by atoms with Gasteiger partial charge in [-0.1, -0.05) is 35.1 Å². The van der Waals surface area contributed by atoms with Gasteiger partial charge in [-0.2, -0.15) is 0 Å². The summed E-state index contributed by atoms with van der Waals surface area (Å²) in [6.07, 6.45) is 0.252. The van der Waals surface area contributed by atoms with Crippen LogP contribution in [0.25, 0.3) is 0 Å². The summed E-state index contributed by atoms with van der Waals surface area (Å²) in [6, 6.07) is 8.83. The molecule has 1 aromatic carbocycles. The predicted molar refractivity (Wildman–Crippen MR) is 87.6 cm³/mol. The van der Waals surface area contributed by atoms with Gasteiger partial charge >= 0.3 is 11.0 Å². The van der Waals surface area contributed by atoms with Gasteiger partial charge in [0, 0.05) is 27.7 Å². The van der Waals surface area contributed by atoms with E-state index in [0.717, 1.165) is 16.2 Å². The minimum atomic E-state index is -0.462. The van der Waals surface area contributed by atoms with Crippen LogP contribution in [0.4, 0.5) is 5.00 Å². The van der Waals surface area contributed by atoms with Crippen LogP contribution in [0.3, 0.4) is 0 Å². The van der Waals surface area contributed by atoms with E-state index in [4.69, 9.17) is 16.3 Å². The highest BCUT2D eigenvalue weighted by molar-refractivity contribution is 7.99. The largest absolute Gasteiger partial charge is 0.461 e. The van der Waals surface area contributed by atoms with Crippen LogP contribution in [0.5, 0.6) is 0 Å². The van der Waals surface area contributed by atoms with E-state index < -0.39 is 4.92 Å². The lowest BCUT2D eigenvalue weighted by molar-refractivity contribution is -0.380. The van der Waals surface area contributed by atoms with Gasteiger partial charge in [0.1, 0.15) is 6.61 Å². The Hall–Kier alpha value is -1.57. The number of esters is 1. The predicted octanol–water partition coefficient (Wildman–Crippen LogP) is 4.54. The molecule has 2 aromatic rings. The molecule has 0 spiro atoms. The topological polar surface area (TPSA) is 69.4 Å². The van der Waals surface area contributed by atoms with Crippen LogP contribution in [-0.4, -0.2) is 16.6 Å². The summed E-state index contributed by atoms with van der Waals surface area (Å²) >= 11 is 8.52. The number of hydrogen-bond donors (Lipinski definition) is 0. The molecule has 0 bridgehead atoms. The van der Waals surface area contributed by atoms with Crippen LogP contribution in [0, 0.1) is 10.1 Å². The van der Waals surface area contributed by atoms with Crippen molar-refractivity contribution in [1.29, 1.82) is 0 Å². The molecule has 0 atom stereocenters. The Morgan fingerprint density at radius 3 is 2.86 bits per heavy atom. The number of carbonyl (C=O) groups is 1. The fourth-order valence-corrected chi connectivity index (χ4v) is 3.46. The van der Waals surface area contributed by atoms with Gasteiger partial charge in [-0.25, -0.2) is 0 Å². The molecule has 0 fully saturated rings. The molecule has 0 radical (unpaired) electrons. The number of carbonyl (C=O) groups excluding carboxylic acids is 1. The number of thioether (sulfide) groups is 1.